The third kappa shape index (κ3) is 14.9. The molecule has 45 heavy (non-hydrogen) atoms. The number of aromatic nitrogens is 1. The Labute approximate surface area is 257 Å². The molecule has 0 aliphatic carbocycles. The van der Waals surface area contributed by atoms with Crippen LogP contribution in [-0.2, 0) is 25.7 Å². The quantitative estimate of drug-likeness (QED) is 0.320. The molecule has 2 heterocycles. The van der Waals surface area contributed by atoms with Crippen LogP contribution in [0.5, 0.6) is 0 Å². The van der Waals surface area contributed by atoms with Gasteiger partial charge < -0.3 is 30.5 Å². The highest BCUT2D eigenvalue weighted by atomic mass is 35.5. The molecule has 0 radical (unpaired) electrons. The number of amides is 3. The van der Waals surface area contributed by atoms with E-state index in [1.165, 1.54) is 7.11 Å². The van der Waals surface area contributed by atoms with Crippen LogP contribution in [0.25, 0.3) is 0 Å². The minimum atomic E-state index is -5.08. The fraction of sp³-hybridized carbons (Fsp3) is 0.423. The van der Waals surface area contributed by atoms with E-state index in [4.69, 9.17) is 36.1 Å². The normalized spacial score (nSPS) is 14.8. The van der Waals surface area contributed by atoms with E-state index in [1.54, 1.807) is 42.3 Å². The molecule has 1 aliphatic rings. The molecule has 0 bridgehead atoms. The van der Waals surface area contributed by atoms with Crippen LogP contribution in [0, 0.1) is 0 Å². The van der Waals surface area contributed by atoms with Gasteiger partial charge in [0.25, 0.3) is 0 Å². The summed E-state index contributed by atoms with van der Waals surface area (Å²) in [6, 6.07) is 9.46. The van der Waals surface area contributed by atoms with Crippen molar-refractivity contribution in [3.05, 3.63) is 59.4 Å². The summed E-state index contributed by atoms with van der Waals surface area (Å²) < 4.78 is 68.8. The first-order valence-electron chi connectivity index (χ1n) is 12.7. The van der Waals surface area contributed by atoms with E-state index in [1.807, 2.05) is 18.3 Å². The van der Waals surface area contributed by atoms with E-state index in [9.17, 15) is 35.9 Å². The summed E-state index contributed by atoms with van der Waals surface area (Å²) in [5.74, 6) is -5.67. The van der Waals surface area contributed by atoms with Crippen molar-refractivity contribution >= 4 is 41.2 Å². The van der Waals surface area contributed by atoms with Gasteiger partial charge in [0, 0.05) is 62.9 Å². The largest absolute Gasteiger partial charge is 0.490 e. The van der Waals surface area contributed by atoms with Gasteiger partial charge >= 0.3 is 30.3 Å². The van der Waals surface area contributed by atoms with Gasteiger partial charge in [0.1, 0.15) is 6.04 Å². The molecular formula is C26H30ClF6N5O7. The van der Waals surface area contributed by atoms with E-state index in [0.717, 1.165) is 25.2 Å². The summed E-state index contributed by atoms with van der Waals surface area (Å²) in [7, 11) is 1.52. The number of aliphatic carboxylic acids is 2. The molecule has 2 atom stereocenters. The minimum Gasteiger partial charge on any atom is -0.475 e. The molecule has 2 aromatic rings. The topological polar surface area (TPSA) is 161 Å². The van der Waals surface area contributed by atoms with Crippen molar-refractivity contribution in [1.82, 2.24) is 20.1 Å². The van der Waals surface area contributed by atoms with Gasteiger partial charge in [-0.3, -0.25) is 14.7 Å². The SMILES string of the molecule is CO[C@H](C)[C@@H](NC(=O)Nc1ccc(Cl)cc1)C(=O)N1CCN(Cc2cccnc2)CC1.O=C(O)C(F)(F)F.O=C(O)C(F)(F)F. The van der Waals surface area contributed by atoms with E-state index in [2.05, 4.69) is 20.5 Å². The number of carboxylic acids is 2. The van der Waals surface area contributed by atoms with Crippen LogP contribution in [0.15, 0.2) is 48.8 Å². The Bertz CT molecular complexity index is 1220. The van der Waals surface area contributed by atoms with E-state index in [0.29, 0.717) is 23.8 Å². The van der Waals surface area contributed by atoms with Gasteiger partial charge in [0.05, 0.1) is 6.10 Å². The van der Waals surface area contributed by atoms with Crippen molar-refractivity contribution in [2.45, 2.75) is 38.0 Å². The maximum Gasteiger partial charge on any atom is 0.490 e. The number of alkyl halides is 6. The van der Waals surface area contributed by atoms with Gasteiger partial charge in [0.2, 0.25) is 5.91 Å². The molecule has 0 saturated carbocycles. The number of rotatable bonds is 7. The molecule has 3 amide bonds. The van der Waals surface area contributed by atoms with Crippen LogP contribution >= 0.6 is 11.6 Å². The average Bonchev–Trinajstić information content (AvgIpc) is 2.97. The molecular weight excluding hydrogens is 644 g/mol. The van der Waals surface area contributed by atoms with Crippen molar-refractivity contribution < 1.29 is 60.5 Å². The van der Waals surface area contributed by atoms with Gasteiger partial charge in [0.15, 0.2) is 0 Å². The van der Waals surface area contributed by atoms with Crippen LogP contribution < -0.4 is 10.6 Å². The number of carbonyl (C=O) groups excluding carboxylic acids is 2. The lowest BCUT2D eigenvalue weighted by Crippen LogP contribution is -2.58. The third-order valence-electron chi connectivity index (χ3n) is 5.79. The van der Waals surface area contributed by atoms with Crippen LogP contribution in [-0.4, -0.2) is 107 Å². The molecule has 1 fully saturated rings. The van der Waals surface area contributed by atoms with Crippen molar-refractivity contribution in [3.8, 4) is 0 Å². The average molecular weight is 674 g/mol. The highest BCUT2D eigenvalue weighted by Crippen LogP contribution is 2.15. The Hall–Kier alpha value is -4.16. The van der Waals surface area contributed by atoms with Crippen molar-refractivity contribution in [2.24, 2.45) is 0 Å². The molecule has 0 spiro atoms. The highest BCUT2D eigenvalue weighted by Gasteiger charge is 2.39. The second kappa shape index (κ2) is 18.0. The van der Waals surface area contributed by atoms with Gasteiger partial charge in [-0.1, -0.05) is 17.7 Å². The molecule has 4 N–H and O–H groups in total. The maximum absolute atomic E-state index is 13.2. The summed E-state index contributed by atoms with van der Waals surface area (Å²) in [5.41, 5.74) is 1.73. The van der Waals surface area contributed by atoms with Gasteiger partial charge in [-0.25, -0.2) is 14.4 Å². The number of halogens is 7. The molecule has 12 nitrogen and oxygen atoms in total. The first-order valence-corrected chi connectivity index (χ1v) is 13.1. The van der Waals surface area contributed by atoms with Crippen LogP contribution in [0.2, 0.25) is 5.02 Å². The Morgan fingerprint density at radius 1 is 0.956 bits per heavy atom. The predicted molar refractivity (Wildman–Crippen MR) is 147 cm³/mol. The molecule has 1 saturated heterocycles. The number of nitrogens with one attached hydrogen (secondary N) is 2. The first kappa shape index (κ1) is 38.9. The number of hydrogen-bond acceptors (Lipinski definition) is 7. The Morgan fingerprint density at radius 2 is 1.47 bits per heavy atom. The molecule has 0 unspecified atom stereocenters. The minimum absolute atomic E-state index is 0.151. The van der Waals surface area contributed by atoms with E-state index in [-0.39, 0.29) is 5.91 Å². The number of carbonyl (C=O) groups is 4. The van der Waals surface area contributed by atoms with Crippen molar-refractivity contribution in [1.29, 1.82) is 0 Å². The fourth-order valence-electron chi connectivity index (χ4n) is 3.43. The zero-order chi connectivity index (χ0) is 34.4. The standard InChI is InChI=1S/C22H28ClN5O3.2C2HF3O2/c1-16(31-2)20(26-22(30)25-19-7-5-18(23)6-8-19)21(29)28-12-10-27(11-13-28)15-17-4-3-9-24-14-17;2*3-2(4,5)1(6)7/h3-9,14,16,20H,10-13,15H2,1-2H3,(H2,25,26,30);2*(H,6,7)/t16-,20-;;/m1../s1. The summed E-state index contributed by atoms with van der Waals surface area (Å²) in [6.07, 6.45) is -7.03. The molecule has 3 rings (SSSR count). The van der Waals surface area contributed by atoms with Gasteiger partial charge in [-0.05, 0) is 42.8 Å². The molecule has 1 aromatic heterocycles. The van der Waals surface area contributed by atoms with Crippen LogP contribution in [0.1, 0.15) is 12.5 Å². The number of pyridine rings is 1. The Morgan fingerprint density at radius 3 is 1.89 bits per heavy atom. The van der Waals surface area contributed by atoms with Crippen molar-refractivity contribution in [3.63, 3.8) is 0 Å². The monoisotopic (exact) mass is 673 g/mol. The first-order chi connectivity index (χ1) is 20.8. The predicted octanol–water partition coefficient (Wildman–Crippen LogP) is 3.87. The van der Waals surface area contributed by atoms with E-state index >= 15 is 0 Å². The molecule has 250 valence electrons. The lowest BCUT2D eigenvalue weighted by Gasteiger charge is -2.37. The number of methoxy groups -OCH3 is 1. The second-order valence-corrected chi connectivity index (χ2v) is 9.53. The van der Waals surface area contributed by atoms with Crippen LogP contribution in [0.3, 0.4) is 0 Å². The van der Waals surface area contributed by atoms with Gasteiger partial charge in [-0.2, -0.15) is 26.3 Å². The van der Waals surface area contributed by atoms with Gasteiger partial charge in [-0.15, -0.1) is 0 Å². The molecule has 1 aromatic carbocycles. The lowest BCUT2D eigenvalue weighted by molar-refractivity contribution is -0.193. The smallest absolute Gasteiger partial charge is 0.475 e. The van der Waals surface area contributed by atoms with Crippen molar-refractivity contribution in [2.75, 3.05) is 38.6 Å². The number of carboxylic acid groups (broad SMARTS) is 2. The summed E-state index contributed by atoms with van der Waals surface area (Å²) in [5, 5.41) is 20.3. The lowest BCUT2D eigenvalue weighted by atomic mass is 10.1. The summed E-state index contributed by atoms with van der Waals surface area (Å²) in [6.45, 7) is 5.26. The highest BCUT2D eigenvalue weighted by molar-refractivity contribution is 6.30. The second-order valence-electron chi connectivity index (χ2n) is 9.09. The summed E-state index contributed by atoms with van der Waals surface area (Å²) in [4.78, 5) is 51.6. The number of nitrogens with zero attached hydrogens (tertiary/aromatic N) is 3. The number of urea groups is 1. The van der Waals surface area contributed by atoms with E-state index < -0.39 is 42.5 Å². The molecule has 1 aliphatic heterocycles. The fourth-order valence-corrected chi connectivity index (χ4v) is 3.56. The Kier molecular flexibility index (Phi) is 15.5. The number of hydrogen-bond donors (Lipinski definition) is 4. The number of piperazine rings is 1. The zero-order valence-corrected chi connectivity index (χ0v) is 24.5. The summed E-state index contributed by atoms with van der Waals surface area (Å²) >= 11 is 5.87. The van der Waals surface area contributed by atoms with Crippen LogP contribution in [0.4, 0.5) is 36.8 Å². The Balaban J connectivity index is 0.000000601. The number of benzene rings is 1. The zero-order valence-electron chi connectivity index (χ0n) is 23.7. The number of anilines is 1. The third-order valence-corrected chi connectivity index (χ3v) is 6.05. The maximum atomic E-state index is 13.2. The number of ether oxygens (including phenoxy) is 1. The molecule has 19 heteroatoms.